The number of allylic oxidation sites excluding steroid dienone is 2. The SMILES string of the molecule is C/C=C1/C(=O)N2C(C(=O)O)=C(CCC)S[C@H]12. The maximum Gasteiger partial charge on any atom is 0.353 e. The Morgan fingerprint density at radius 1 is 1.62 bits per heavy atom. The fourth-order valence-electron chi connectivity index (χ4n) is 1.98. The molecule has 2 rings (SSSR count). The molecule has 0 saturated carbocycles. The molecule has 0 aliphatic carbocycles. The molecule has 86 valence electrons. The van der Waals surface area contributed by atoms with Crippen LogP contribution in [0.4, 0.5) is 0 Å². The third-order valence-electron chi connectivity index (χ3n) is 2.72. The van der Waals surface area contributed by atoms with Gasteiger partial charge in [0.05, 0.1) is 0 Å². The fourth-order valence-corrected chi connectivity index (χ4v) is 3.54. The molecule has 0 aromatic rings. The normalized spacial score (nSPS) is 26.1. The van der Waals surface area contributed by atoms with E-state index >= 15 is 0 Å². The number of carbonyl (C=O) groups excluding carboxylic acids is 1. The second-order valence-corrected chi connectivity index (χ2v) is 4.89. The number of aliphatic carboxylic acids is 1. The van der Waals surface area contributed by atoms with Crippen LogP contribution in [0.3, 0.4) is 0 Å². The van der Waals surface area contributed by atoms with Gasteiger partial charge in [0.25, 0.3) is 5.91 Å². The maximum absolute atomic E-state index is 11.7. The molecule has 2 heterocycles. The number of nitrogens with zero attached hydrogens (tertiary/aromatic N) is 1. The van der Waals surface area contributed by atoms with E-state index in [4.69, 9.17) is 5.11 Å². The number of amides is 1. The van der Waals surface area contributed by atoms with Gasteiger partial charge in [0.2, 0.25) is 0 Å². The van der Waals surface area contributed by atoms with Crippen LogP contribution in [0, 0.1) is 0 Å². The van der Waals surface area contributed by atoms with E-state index in [1.54, 1.807) is 6.08 Å². The lowest BCUT2D eigenvalue weighted by molar-refractivity contribution is -0.141. The average molecular weight is 239 g/mol. The molecule has 2 aliphatic rings. The number of fused-ring (bicyclic) bond motifs is 1. The topological polar surface area (TPSA) is 57.6 Å². The number of carboxylic acids is 1. The lowest BCUT2D eigenvalue weighted by Crippen LogP contribution is -2.51. The zero-order valence-corrected chi connectivity index (χ0v) is 10.0. The maximum atomic E-state index is 11.7. The highest BCUT2D eigenvalue weighted by Crippen LogP contribution is 2.50. The van der Waals surface area contributed by atoms with Crippen molar-refractivity contribution in [2.75, 3.05) is 0 Å². The van der Waals surface area contributed by atoms with Crippen LogP contribution in [0.25, 0.3) is 0 Å². The summed E-state index contributed by atoms with van der Waals surface area (Å²) in [6, 6.07) is 0. The van der Waals surface area contributed by atoms with E-state index in [9.17, 15) is 9.59 Å². The molecule has 0 aromatic heterocycles. The Bertz CT molecular complexity index is 425. The summed E-state index contributed by atoms with van der Waals surface area (Å²) in [6.07, 6.45) is 3.38. The molecule has 0 aromatic carbocycles. The van der Waals surface area contributed by atoms with Crippen LogP contribution in [-0.4, -0.2) is 27.3 Å². The molecular formula is C11H13NO3S. The molecule has 1 amide bonds. The Kier molecular flexibility index (Phi) is 2.80. The van der Waals surface area contributed by atoms with Gasteiger partial charge in [-0.15, -0.1) is 0 Å². The number of hydrogen-bond donors (Lipinski definition) is 1. The average Bonchev–Trinajstić information content (AvgIpc) is 2.55. The summed E-state index contributed by atoms with van der Waals surface area (Å²) < 4.78 is 0. The van der Waals surface area contributed by atoms with E-state index in [1.165, 1.54) is 16.7 Å². The molecule has 1 saturated heterocycles. The summed E-state index contributed by atoms with van der Waals surface area (Å²) in [5, 5.41) is 9.03. The summed E-state index contributed by atoms with van der Waals surface area (Å²) in [5.74, 6) is -1.16. The van der Waals surface area contributed by atoms with Crippen LogP contribution in [0.1, 0.15) is 26.7 Å². The van der Waals surface area contributed by atoms with Gasteiger partial charge in [-0.3, -0.25) is 9.69 Å². The first-order valence-electron chi connectivity index (χ1n) is 5.24. The zero-order valence-electron chi connectivity index (χ0n) is 9.19. The van der Waals surface area contributed by atoms with Crippen molar-refractivity contribution in [3.05, 3.63) is 22.3 Å². The van der Waals surface area contributed by atoms with Crippen LogP contribution in [0.15, 0.2) is 22.3 Å². The smallest absolute Gasteiger partial charge is 0.353 e. The Morgan fingerprint density at radius 2 is 2.31 bits per heavy atom. The monoisotopic (exact) mass is 239 g/mol. The van der Waals surface area contributed by atoms with Gasteiger partial charge < -0.3 is 5.11 Å². The number of carboxylic acid groups (broad SMARTS) is 1. The number of thioether (sulfide) groups is 1. The van der Waals surface area contributed by atoms with Crippen molar-refractivity contribution < 1.29 is 14.7 Å². The Labute approximate surface area is 98.0 Å². The molecule has 0 unspecified atom stereocenters. The number of carbonyl (C=O) groups is 2. The van der Waals surface area contributed by atoms with Crippen molar-refractivity contribution in [2.45, 2.75) is 32.1 Å². The lowest BCUT2D eigenvalue weighted by atomic mass is 10.0. The standard InChI is InChI=1S/C11H13NO3S/c1-3-5-7-8(11(14)15)12-9(13)6(4-2)10(12)16-7/h4,10H,3,5H2,1-2H3,(H,14,15)/b6-4-/t10-/m1/s1. The molecule has 1 atom stereocenters. The van der Waals surface area contributed by atoms with Gasteiger partial charge >= 0.3 is 5.97 Å². The predicted molar refractivity (Wildman–Crippen MR) is 61.6 cm³/mol. The van der Waals surface area contributed by atoms with Gasteiger partial charge in [0.1, 0.15) is 11.1 Å². The third kappa shape index (κ3) is 1.38. The van der Waals surface area contributed by atoms with Gasteiger partial charge in [-0.2, -0.15) is 0 Å². The van der Waals surface area contributed by atoms with E-state index in [0.717, 1.165) is 23.3 Å². The minimum atomic E-state index is -0.998. The Morgan fingerprint density at radius 3 is 2.81 bits per heavy atom. The number of rotatable bonds is 3. The van der Waals surface area contributed by atoms with Crippen molar-refractivity contribution in [2.24, 2.45) is 0 Å². The molecule has 0 bridgehead atoms. The zero-order chi connectivity index (χ0) is 11.9. The van der Waals surface area contributed by atoms with Gasteiger partial charge in [0, 0.05) is 10.5 Å². The van der Waals surface area contributed by atoms with Crippen LogP contribution >= 0.6 is 11.8 Å². The molecule has 5 heteroatoms. The van der Waals surface area contributed by atoms with Gasteiger partial charge in [-0.25, -0.2) is 4.79 Å². The van der Waals surface area contributed by atoms with E-state index in [1.807, 2.05) is 13.8 Å². The minimum absolute atomic E-state index is 0.0925. The van der Waals surface area contributed by atoms with Crippen LogP contribution in [0.5, 0.6) is 0 Å². The summed E-state index contributed by atoms with van der Waals surface area (Å²) in [4.78, 5) is 25.0. The Hall–Kier alpha value is -1.23. The van der Waals surface area contributed by atoms with Crippen LogP contribution < -0.4 is 0 Å². The van der Waals surface area contributed by atoms with E-state index in [-0.39, 0.29) is 17.0 Å². The molecule has 1 fully saturated rings. The van der Waals surface area contributed by atoms with E-state index in [2.05, 4.69) is 0 Å². The lowest BCUT2D eigenvalue weighted by Gasteiger charge is -2.36. The Balaban J connectivity index is 2.33. The van der Waals surface area contributed by atoms with Gasteiger partial charge in [-0.05, 0) is 13.3 Å². The quantitative estimate of drug-likeness (QED) is 0.604. The highest BCUT2D eigenvalue weighted by molar-refractivity contribution is 8.04. The van der Waals surface area contributed by atoms with Crippen molar-refractivity contribution in [3.63, 3.8) is 0 Å². The van der Waals surface area contributed by atoms with E-state index < -0.39 is 5.97 Å². The number of β-lactam (4-membered cyclic amide) rings is 1. The van der Waals surface area contributed by atoms with E-state index in [0.29, 0.717) is 0 Å². The summed E-state index contributed by atoms with van der Waals surface area (Å²) in [7, 11) is 0. The van der Waals surface area contributed by atoms with Crippen molar-refractivity contribution in [1.82, 2.24) is 4.90 Å². The van der Waals surface area contributed by atoms with Gasteiger partial charge in [-0.1, -0.05) is 31.2 Å². The molecule has 4 nitrogen and oxygen atoms in total. The van der Waals surface area contributed by atoms with Crippen LogP contribution in [0.2, 0.25) is 0 Å². The first-order valence-corrected chi connectivity index (χ1v) is 6.12. The fraction of sp³-hybridized carbons (Fsp3) is 0.455. The molecule has 0 radical (unpaired) electrons. The van der Waals surface area contributed by atoms with Crippen LogP contribution in [-0.2, 0) is 9.59 Å². The van der Waals surface area contributed by atoms with Gasteiger partial charge in [0.15, 0.2) is 0 Å². The molecule has 2 aliphatic heterocycles. The summed E-state index contributed by atoms with van der Waals surface area (Å²) >= 11 is 1.49. The molecular weight excluding hydrogens is 226 g/mol. The minimum Gasteiger partial charge on any atom is -0.477 e. The highest BCUT2D eigenvalue weighted by atomic mass is 32.2. The molecule has 16 heavy (non-hydrogen) atoms. The molecule has 1 N–H and O–H groups in total. The summed E-state index contributed by atoms with van der Waals surface area (Å²) in [5.41, 5.74) is 0.905. The first-order chi connectivity index (χ1) is 7.61. The van der Waals surface area contributed by atoms with Crippen molar-refractivity contribution in [3.8, 4) is 0 Å². The van der Waals surface area contributed by atoms with Crippen molar-refractivity contribution >= 4 is 23.6 Å². The summed E-state index contributed by atoms with van der Waals surface area (Å²) in [6.45, 7) is 3.81. The second-order valence-electron chi connectivity index (χ2n) is 3.72. The van der Waals surface area contributed by atoms with Crippen molar-refractivity contribution in [1.29, 1.82) is 0 Å². The highest BCUT2D eigenvalue weighted by Gasteiger charge is 2.51. The third-order valence-corrected chi connectivity index (χ3v) is 4.09. The first kappa shape index (κ1) is 11.3. The second kappa shape index (κ2) is 3.97. The predicted octanol–water partition coefficient (Wildman–Crippen LogP) is 1.94. The number of hydrogen-bond acceptors (Lipinski definition) is 3. The molecule has 0 spiro atoms. The largest absolute Gasteiger partial charge is 0.477 e.